The van der Waals surface area contributed by atoms with Crippen molar-refractivity contribution < 1.29 is 5.11 Å². The lowest BCUT2D eigenvalue weighted by atomic mass is 10.1. The van der Waals surface area contributed by atoms with E-state index in [-0.39, 0.29) is 12.6 Å². The highest BCUT2D eigenvalue weighted by molar-refractivity contribution is 4.71. The Hall–Kier alpha value is -0.120. The lowest BCUT2D eigenvalue weighted by Crippen LogP contribution is -2.42. The summed E-state index contributed by atoms with van der Waals surface area (Å²) < 4.78 is 0. The van der Waals surface area contributed by atoms with Crippen molar-refractivity contribution in [3.63, 3.8) is 0 Å². The van der Waals surface area contributed by atoms with Crippen LogP contribution in [-0.4, -0.2) is 41.8 Å². The van der Waals surface area contributed by atoms with E-state index >= 15 is 0 Å². The molecule has 0 aromatic carbocycles. The number of nitrogens with zero attached hydrogens (tertiary/aromatic N) is 1. The zero-order valence-corrected chi connectivity index (χ0v) is 10.6. The van der Waals surface area contributed by atoms with Crippen LogP contribution in [-0.2, 0) is 0 Å². The van der Waals surface area contributed by atoms with E-state index in [2.05, 4.69) is 25.7 Å². The fraction of sp³-hybridized carbons (Fsp3) is 1.00. The van der Waals surface area contributed by atoms with Crippen LogP contribution >= 0.6 is 0 Å². The molecule has 0 rings (SSSR count). The Morgan fingerprint density at radius 3 is 2.40 bits per heavy atom. The van der Waals surface area contributed by atoms with E-state index in [9.17, 15) is 0 Å². The van der Waals surface area contributed by atoms with Crippen molar-refractivity contribution in [1.29, 1.82) is 0 Å². The molecule has 1 unspecified atom stereocenters. The van der Waals surface area contributed by atoms with Crippen LogP contribution in [0.15, 0.2) is 0 Å². The topological polar surface area (TPSA) is 49.5 Å². The zero-order chi connectivity index (χ0) is 11.7. The standard InChI is InChI=1S/C12H28N2O/c1-4-5-6-8-14(11(2)3)10-12(13)7-9-15/h11-12,15H,4-10,13H2,1-3H3. The smallest absolute Gasteiger partial charge is 0.0446 e. The molecule has 0 saturated heterocycles. The summed E-state index contributed by atoms with van der Waals surface area (Å²) >= 11 is 0. The van der Waals surface area contributed by atoms with Gasteiger partial charge in [-0.25, -0.2) is 0 Å². The van der Waals surface area contributed by atoms with Gasteiger partial charge in [-0.15, -0.1) is 0 Å². The maximum absolute atomic E-state index is 8.80. The van der Waals surface area contributed by atoms with Gasteiger partial charge in [-0.3, -0.25) is 4.90 Å². The van der Waals surface area contributed by atoms with E-state index in [1.165, 1.54) is 19.3 Å². The minimum absolute atomic E-state index is 0.110. The van der Waals surface area contributed by atoms with Crippen molar-refractivity contribution in [3.05, 3.63) is 0 Å². The fourth-order valence-corrected chi connectivity index (χ4v) is 1.68. The van der Waals surface area contributed by atoms with E-state index in [0.717, 1.165) is 13.1 Å². The number of rotatable bonds is 9. The Bertz CT molecular complexity index is 140. The second-order valence-corrected chi connectivity index (χ2v) is 4.57. The molecule has 0 amide bonds. The first-order chi connectivity index (χ1) is 7.11. The highest BCUT2D eigenvalue weighted by Crippen LogP contribution is 2.05. The van der Waals surface area contributed by atoms with Gasteiger partial charge in [-0.05, 0) is 33.2 Å². The summed E-state index contributed by atoms with van der Waals surface area (Å²) in [6, 6.07) is 0.658. The van der Waals surface area contributed by atoms with Gasteiger partial charge in [0.25, 0.3) is 0 Å². The van der Waals surface area contributed by atoms with Crippen LogP contribution in [0.5, 0.6) is 0 Å². The van der Waals surface area contributed by atoms with Gasteiger partial charge in [0.1, 0.15) is 0 Å². The largest absolute Gasteiger partial charge is 0.396 e. The van der Waals surface area contributed by atoms with Crippen LogP contribution in [0.25, 0.3) is 0 Å². The molecule has 0 fully saturated rings. The Morgan fingerprint density at radius 1 is 1.27 bits per heavy atom. The number of aliphatic hydroxyl groups is 1. The van der Waals surface area contributed by atoms with E-state index in [1.807, 2.05) is 0 Å². The third-order valence-electron chi connectivity index (χ3n) is 2.75. The first-order valence-corrected chi connectivity index (χ1v) is 6.22. The van der Waals surface area contributed by atoms with E-state index in [4.69, 9.17) is 10.8 Å². The second-order valence-electron chi connectivity index (χ2n) is 4.57. The highest BCUT2D eigenvalue weighted by Gasteiger charge is 2.12. The summed E-state index contributed by atoms with van der Waals surface area (Å²) in [4.78, 5) is 2.41. The summed E-state index contributed by atoms with van der Waals surface area (Å²) in [7, 11) is 0. The molecule has 0 aliphatic heterocycles. The number of nitrogens with two attached hydrogens (primary N) is 1. The Kier molecular flexibility index (Phi) is 9.06. The lowest BCUT2D eigenvalue weighted by Gasteiger charge is -2.29. The average Bonchev–Trinajstić information content (AvgIpc) is 2.16. The number of hydrogen-bond donors (Lipinski definition) is 2. The minimum atomic E-state index is 0.110. The molecular formula is C12H28N2O. The van der Waals surface area contributed by atoms with Gasteiger partial charge in [0, 0.05) is 25.2 Å². The van der Waals surface area contributed by atoms with Gasteiger partial charge in [-0.1, -0.05) is 19.8 Å². The molecule has 15 heavy (non-hydrogen) atoms. The molecule has 3 nitrogen and oxygen atoms in total. The van der Waals surface area contributed by atoms with Gasteiger partial charge in [-0.2, -0.15) is 0 Å². The van der Waals surface area contributed by atoms with Crippen LogP contribution in [0, 0.1) is 0 Å². The summed E-state index contributed by atoms with van der Waals surface area (Å²) in [5.41, 5.74) is 5.93. The molecule has 0 saturated carbocycles. The molecule has 3 N–H and O–H groups in total. The average molecular weight is 216 g/mol. The molecule has 3 heteroatoms. The van der Waals surface area contributed by atoms with Crippen molar-refractivity contribution in [2.24, 2.45) is 5.73 Å². The van der Waals surface area contributed by atoms with Gasteiger partial charge < -0.3 is 10.8 Å². The van der Waals surface area contributed by atoms with Crippen molar-refractivity contribution in [2.75, 3.05) is 19.7 Å². The third kappa shape index (κ3) is 7.77. The van der Waals surface area contributed by atoms with Crippen LogP contribution in [0.1, 0.15) is 46.5 Å². The fourth-order valence-electron chi connectivity index (χ4n) is 1.68. The normalized spacial score (nSPS) is 13.8. The maximum Gasteiger partial charge on any atom is 0.0446 e. The molecule has 0 aliphatic rings. The van der Waals surface area contributed by atoms with Crippen molar-refractivity contribution in [1.82, 2.24) is 4.90 Å². The molecule has 0 aromatic rings. The molecule has 92 valence electrons. The molecule has 0 bridgehead atoms. The van der Waals surface area contributed by atoms with Crippen LogP contribution in [0.3, 0.4) is 0 Å². The number of hydrogen-bond acceptors (Lipinski definition) is 3. The highest BCUT2D eigenvalue weighted by atomic mass is 16.3. The summed E-state index contributed by atoms with van der Waals surface area (Å²) in [5.74, 6) is 0. The van der Waals surface area contributed by atoms with Crippen LogP contribution < -0.4 is 5.73 Å². The predicted octanol–water partition coefficient (Wildman–Crippen LogP) is 1.60. The van der Waals surface area contributed by atoms with Gasteiger partial charge in [0.15, 0.2) is 0 Å². The van der Waals surface area contributed by atoms with E-state index < -0.39 is 0 Å². The monoisotopic (exact) mass is 216 g/mol. The quantitative estimate of drug-likeness (QED) is 0.576. The molecule has 1 atom stereocenters. The Morgan fingerprint density at radius 2 is 1.93 bits per heavy atom. The summed E-state index contributed by atoms with van der Waals surface area (Å²) in [5, 5.41) is 8.80. The molecule has 0 spiro atoms. The SMILES string of the molecule is CCCCCN(CC(N)CCO)C(C)C. The lowest BCUT2D eigenvalue weighted by molar-refractivity contribution is 0.188. The molecule has 0 aromatic heterocycles. The summed E-state index contributed by atoms with van der Waals surface area (Å²) in [6.07, 6.45) is 4.50. The van der Waals surface area contributed by atoms with Gasteiger partial charge in [0.05, 0.1) is 0 Å². The number of unbranched alkanes of at least 4 members (excludes halogenated alkanes) is 2. The minimum Gasteiger partial charge on any atom is -0.396 e. The third-order valence-corrected chi connectivity index (χ3v) is 2.75. The Balaban J connectivity index is 3.82. The molecule has 0 aliphatic carbocycles. The molecule has 0 radical (unpaired) electrons. The van der Waals surface area contributed by atoms with Gasteiger partial charge in [0.2, 0.25) is 0 Å². The van der Waals surface area contributed by atoms with E-state index in [0.29, 0.717) is 12.5 Å². The zero-order valence-electron chi connectivity index (χ0n) is 10.6. The van der Waals surface area contributed by atoms with Crippen molar-refractivity contribution >= 4 is 0 Å². The van der Waals surface area contributed by atoms with Crippen molar-refractivity contribution in [2.45, 2.75) is 58.5 Å². The Labute approximate surface area is 94.6 Å². The van der Waals surface area contributed by atoms with Crippen LogP contribution in [0.4, 0.5) is 0 Å². The van der Waals surface area contributed by atoms with E-state index in [1.54, 1.807) is 0 Å². The number of aliphatic hydroxyl groups excluding tert-OH is 1. The van der Waals surface area contributed by atoms with Crippen molar-refractivity contribution in [3.8, 4) is 0 Å². The predicted molar refractivity (Wildman–Crippen MR) is 65.9 cm³/mol. The molecule has 0 heterocycles. The van der Waals surface area contributed by atoms with Crippen LogP contribution in [0.2, 0.25) is 0 Å². The first-order valence-electron chi connectivity index (χ1n) is 6.22. The first kappa shape index (κ1) is 14.9. The second kappa shape index (κ2) is 9.13. The van der Waals surface area contributed by atoms with Gasteiger partial charge >= 0.3 is 0 Å². The summed E-state index contributed by atoms with van der Waals surface area (Å²) in [6.45, 7) is 8.86. The molecular weight excluding hydrogens is 188 g/mol. The maximum atomic E-state index is 8.80.